The highest BCUT2D eigenvalue weighted by Crippen LogP contribution is 2.18. The van der Waals surface area contributed by atoms with Crippen molar-refractivity contribution in [1.29, 1.82) is 0 Å². The van der Waals surface area contributed by atoms with Crippen molar-refractivity contribution < 1.29 is 18.7 Å². The highest BCUT2D eigenvalue weighted by molar-refractivity contribution is 6.04. The number of benzene rings is 2. The van der Waals surface area contributed by atoms with Crippen LogP contribution in [0.4, 0.5) is 4.39 Å². The standard InChI is InChI=1S/C22H22FN3O3/c23-19-7-3-1-5-16(19)14-25-9-11-26(12-10-25)21(27)15-29-22(28)18-13-24-20-8-4-2-6-17(18)20/h1-8,13,24H,9-12,14-15H2. The lowest BCUT2D eigenvalue weighted by atomic mass is 10.2. The number of aromatic nitrogens is 1. The first kappa shape index (κ1) is 19.1. The number of hydrogen-bond acceptors (Lipinski definition) is 4. The number of halogens is 1. The summed E-state index contributed by atoms with van der Waals surface area (Å²) in [5, 5.41) is 0.770. The molecule has 6 nitrogen and oxygen atoms in total. The molecule has 0 atom stereocenters. The van der Waals surface area contributed by atoms with Gasteiger partial charge in [-0.05, 0) is 12.1 Å². The van der Waals surface area contributed by atoms with Crippen LogP contribution in [0.25, 0.3) is 10.9 Å². The fourth-order valence-electron chi connectivity index (χ4n) is 3.56. The molecule has 1 N–H and O–H groups in total. The zero-order chi connectivity index (χ0) is 20.2. The van der Waals surface area contributed by atoms with Crippen molar-refractivity contribution in [2.75, 3.05) is 32.8 Å². The number of ether oxygens (including phenoxy) is 1. The molecule has 2 aromatic carbocycles. The number of fused-ring (bicyclic) bond motifs is 1. The van der Waals surface area contributed by atoms with Gasteiger partial charge in [-0.2, -0.15) is 0 Å². The Morgan fingerprint density at radius 2 is 1.72 bits per heavy atom. The fourth-order valence-corrected chi connectivity index (χ4v) is 3.56. The molecule has 150 valence electrons. The van der Waals surface area contributed by atoms with Crippen LogP contribution in [0.2, 0.25) is 0 Å². The predicted molar refractivity (Wildman–Crippen MR) is 107 cm³/mol. The van der Waals surface area contributed by atoms with Gasteiger partial charge in [-0.1, -0.05) is 36.4 Å². The van der Waals surface area contributed by atoms with E-state index in [1.165, 1.54) is 6.07 Å². The minimum absolute atomic E-state index is 0.213. The molecule has 7 heteroatoms. The number of amides is 1. The average Bonchev–Trinajstić information content (AvgIpc) is 3.18. The number of piperazine rings is 1. The van der Waals surface area contributed by atoms with Crippen molar-refractivity contribution >= 4 is 22.8 Å². The van der Waals surface area contributed by atoms with Gasteiger partial charge in [0, 0.05) is 55.4 Å². The number of nitrogens with zero attached hydrogens (tertiary/aromatic N) is 2. The van der Waals surface area contributed by atoms with Crippen LogP contribution in [0.3, 0.4) is 0 Å². The Hall–Kier alpha value is -3.19. The van der Waals surface area contributed by atoms with Crippen LogP contribution >= 0.6 is 0 Å². The quantitative estimate of drug-likeness (QED) is 0.675. The molecular formula is C22H22FN3O3. The van der Waals surface area contributed by atoms with E-state index in [0.29, 0.717) is 43.9 Å². The third-order valence-electron chi connectivity index (χ3n) is 5.21. The molecule has 1 aromatic heterocycles. The number of para-hydroxylation sites is 1. The molecule has 1 aliphatic heterocycles. The van der Waals surface area contributed by atoms with Crippen LogP contribution in [-0.2, 0) is 16.1 Å². The van der Waals surface area contributed by atoms with E-state index in [1.54, 1.807) is 23.2 Å². The number of aromatic amines is 1. The van der Waals surface area contributed by atoms with Gasteiger partial charge in [-0.25, -0.2) is 9.18 Å². The summed E-state index contributed by atoms with van der Waals surface area (Å²) in [5.41, 5.74) is 1.92. The number of nitrogens with one attached hydrogen (secondary N) is 1. The molecule has 2 heterocycles. The van der Waals surface area contributed by atoms with Crippen molar-refractivity contribution in [2.24, 2.45) is 0 Å². The maximum atomic E-state index is 13.8. The van der Waals surface area contributed by atoms with E-state index in [-0.39, 0.29) is 18.3 Å². The van der Waals surface area contributed by atoms with Gasteiger partial charge >= 0.3 is 5.97 Å². The van der Waals surface area contributed by atoms with E-state index in [0.717, 1.165) is 10.9 Å². The first-order valence-corrected chi connectivity index (χ1v) is 9.58. The van der Waals surface area contributed by atoms with Gasteiger partial charge in [0.15, 0.2) is 6.61 Å². The van der Waals surface area contributed by atoms with Crippen molar-refractivity contribution in [3.8, 4) is 0 Å². The van der Waals surface area contributed by atoms with Crippen LogP contribution in [-0.4, -0.2) is 59.4 Å². The second kappa shape index (κ2) is 8.45. The number of hydrogen-bond donors (Lipinski definition) is 1. The van der Waals surface area contributed by atoms with E-state index in [4.69, 9.17) is 4.74 Å². The molecular weight excluding hydrogens is 373 g/mol. The summed E-state index contributed by atoms with van der Waals surface area (Å²) < 4.78 is 19.0. The van der Waals surface area contributed by atoms with Crippen molar-refractivity contribution in [3.05, 3.63) is 71.7 Å². The summed E-state index contributed by atoms with van der Waals surface area (Å²) in [6, 6.07) is 14.2. The Morgan fingerprint density at radius 3 is 2.52 bits per heavy atom. The Labute approximate surface area is 167 Å². The normalized spacial score (nSPS) is 14.9. The maximum Gasteiger partial charge on any atom is 0.340 e. The summed E-state index contributed by atoms with van der Waals surface area (Å²) in [5.74, 6) is -0.951. The molecule has 1 saturated heterocycles. The molecule has 4 rings (SSSR count). The summed E-state index contributed by atoms with van der Waals surface area (Å²) >= 11 is 0. The molecule has 1 aliphatic rings. The molecule has 0 saturated carbocycles. The van der Waals surface area contributed by atoms with E-state index >= 15 is 0 Å². The number of rotatable bonds is 5. The van der Waals surface area contributed by atoms with Crippen molar-refractivity contribution in [2.45, 2.75) is 6.54 Å². The van der Waals surface area contributed by atoms with Crippen molar-refractivity contribution in [3.63, 3.8) is 0 Å². The smallest absolute Gasteiger partial charge is 0.340 e. The molecule has 0 aliphatic carbocycles. The third kappa shape index (κ3) is 4.30. The van der Waals surface area contributed by atoms with Crippen LogP contribution in [0, 0.1) is 5.82 Å². The highest BCUT2D eigenvalue weighted by Gasteiger charge is 2.23. The zero-order valence-electron chi connectivity index (χ0n) is 15.9. The number of carbonyl (C=O) groups is 2. The van der Waals surface area contributed by atoms with Gasteiger partial charge in [-0.15, -0.1) is 0 Å². The summed E-state index contributed by atoms with van der Waals surface area (Å²) in [6.45, 7) is 2.58. The molecule has 1 fully saturated rings. The Balaban J connectivity index is 1.27. The van der Waals surface area contributed by atoms with Gasteiger partial charge in [-0.3, -0.25) is 9.69 Å². The summed E-state index contributed by atoms with van der Waals surface area (Å²) in [7, 11) is 0. The fraction of sp³-hybridized carbons (Fsp3) is 0.273. The lowest BCUT2D eigenvalue weighted by Gasteiger charge is -2.34. The molecule has 0 unspecified atom stereocenters. The van der Waals surface area contributed by atoms with Gasteiger partial charge in [0.25, 0.3) is 5.91 Å². The topological polar surface area (TPSA) is 65.6 Å². The Kier molecular flexibility index (Phi) is 5.57. The number of H-pyrrole nitrogens is 1. The summed E-state index contributed by atoms with van der Waals surface area (Å²) in [4.78, 5) is 31.6. The van der Waals surface area contributed by atoms with Crippen LogP contribution < -0.4 is 0 Å². The van der Waals surface area contributed by atoms with Gasteiger partial charge in [0.1, 0.15) is 5.82 Å². The van der Waals surface area contributed by atoms with Crippen LogP contribution in [0.1, 0.15) is 15.9 Å². The average molecular weight is 395 g/mol. The molecule has 29 heavy (non-hydrogen) atoms. The second-order valence-electron chi connectivity index (χ2n) is 7.07. The summed E-state index contributed by atoms with van der Waals surface area (Å²) in [6.07, 6.45) is 1.60. The molecule has 0 radical (unpaired) electrons. The lowest BCUT2D eigenvalue weighted by Crippen LogP contribution is -2.49. The maximum absolute atomic E-state index is 13.8. The van der Waals surface area contributed by atoms with Crippen LogP contribution in [0.15, 0.2) is 54.7 Å². The Morgan fingerprint density at radius 1 is 1.00 bits per heavy atom. The lowest BCUT2D eigenvalue weighted by molar-refractivity contribution is -0.136. The second-order valence-corrected chi connectivity index (χ2v) is 7.07. The Bertz CT molecular complexity index is 1020. The molecule has 1 amide bonds. The monoisotopic (exact) mass is 395 g/mol. The van der Waals surface area contributed by atoms with Gasteiger partial charge in [0.2, 0.25) is 0 Å². The van der Waals surface area contributed by atoms with Gasteiger partial charge in [0.05, 0.1) is 5.56 Å². The highest BCUT2D eigenvalue weighted by atomic mass is 19.1. The number of esters is 1. The van der Waals surface area contributed by atoms with E-state index in [1.807, 2.05) is 30.3 Å². The SMILES string of the molecule is O=C(OCC(=O)N1CCN(Cc2ccccc2F)CC1)c1c[nH]c2ccccc12. The molecule has 0 bridgehead atoms. The van der Waals surface area contributed by atoms with E-state index in [9.17, 15) is 14.0 Å². The molecule has 3 aromatic rings. The van der Waals surface area contributed by atoms with Crippen molar-refractivity contribution in [1.82, 2.24) is 14.8 Å². The van der Waals surface area contributed by atoms with E-state index < -0.39 is 5.97 Å². The largest absolute Gasteiger partial charge is 0.452 e. The third-order valence-corrected chi connectivity index (χ3v) is 5.21. The van der Waals surface area contributed by atoms with Crippen LogP contribution in [0.5, 0.6) is 0 Å². The predicted octanol–water partition coefficient (Wildman–Crippen LogP) is 2.81. The first-order valence-electron chi connectivity index (χ1n) is 9.58. The minimum atomic E-state index is -0.519. The van der Waals surface area contributed by atoms with E-state index in [2.05, 4.69) is 9.88 Å². The minimum Gasteiger partial charge on any atom is -0.452 e. The molecule has 0 spiro atoms. The first-order chi connectivity index (χ1) is 14.1. The number of carbonyl (C=O) groups excluding carboxylic acids is 2. The van der Waals surface area contributed by atoms with Gasteiger partial charge < -0.3 is 14.6 Å². The zero-order valence-corrected chi connectivity index (χ0v) is 15.9.